The minimum Gasteiger partial charge on any atom is -0.321 e. The van der Waals surface area contributed by atoms with Crippen LogP contribution in [0.5, 0.6) is 0 Å². The number of anilines is 1. The molecule has 0 radical (unpaired) electrons. The predicted molar refractivity (Wildman–Crippen MR) is 83.0 cm³/mol. The average molecular weight is 350 g/mol. The minimum atomic E-state index is -0.235. The van der Waals surface area contributed by atoms with Crippen LogP contribution in [-0.4, -0.2) is 5.91 Å². The number of carbonyl (C=O) groups excluding carboxylic acids is 1. The molecular formula is C15H10BrClN2O. The van der Waals surface area contributed by atoms with Gasteiger partial charge in [-0.25, -0.2) is 0 Å². The molecule has 3 nitrogen and oxygen atoms in total. The third-order valence-electron chi connectivity index (χ3n) is 2.78. The van der Waals surface area contributed by atoms with Crippen molar-refractivity contribution >= 4 is 39.1 Å². The molecular weight excluding hydrogens is 340 g/mol. The number of rotatable bonds is 2. The van der Waals surface area contributed by atoms with Crippen molar-refractivity contribution in [1.82, 2.24) is 0 Å². The summed E-state index contributed by atoms with van der Waals surface area (Å²) >= 11 is 9.39. The van der Waals surface area contributed by atoms with Crippen molar-refractivity contribution in [3.05, 3.63) is 62.6 Å². The fraction of sp³-hybridized carbons (Fsp3) is 0.0667. The van der Waals surface area contributed by atoms with E-state index in [0.29, 0.717) is 21.8 Å². The molecule has 0 fully saturated rings. The Hall–Kier alpha value is -1.83. The Morgan fingerprint density at radius 2 is 2.05 bits per heavy atom. The summed E-state index contributed by atoms with van der Waals surface area (Å²) in [5.41, 5.74) is 2.38. The summed E-state index contributed by atoms with van der Waals surface area (Å²) in [5.74, 6) is -0.235. The summed E-state index contributed by atoms with van der Waals surface area (Å²) in [4.78, 5) is 12.2. The largest absolute Gasteiger partial charge is 0.321 e. The van der Waals surface area contributed by atoms with E-state index < -0.39 is 0 Å². The number of halogens is 2. The summed E-state index contributed by atoms with van der Waals surface area (Å²) in [6.45, 7) is 1.86. The lowest BCUT2D eigenvalue weighted by molar-refractivity contribution is 0.102. The molecule has 2 aromatic rings. The van der Waals surface area contributed by atoms with Crippen LogP contribution in [0, 0.1) is 18.3 Å². The van der Waals surface area contributed by atoms with Gasteiger partial charge in [0.25, 0.3) is 5.91 Å². The van der Waals surface area contributed by atoms with Crippen LogP contribution >= 0.6 is 27.5 Å². The molecule has 0 atom stereocenters. The van der Waals surface area contributed by atoms with E-state index in [4.69, 9.17) is 16.9 Å². The molecule has 2 aromatic carbocycles. The van der Waals surface area contributed by atoms with E-state index in [-0.39, 0.29) is 5.91 Å². The number of carbonyl (C=O) groups is 1. The molecule has 0 heterocycles. The number of benzene rings is 2. The third kappa shape index (κ3) is 3.19. The van der Waals surface area contributed by atoms with Crippen LogP contribution in [0.4, 0.5) is 5.69 Å². The Morgan fingerprint density at radius 3 is 2.65 bits per heavy atom. The van der Waals surface area contributed by atoms with Crippen molar-refractivity contribution in [3.8, 4) is 6.07 Å². The average Bonchev–Trinajstić information content (AvgIpc) is 2.40. The molecule has 0 aromatic heterocycles. The Bertz CT molecular complexity index is 722. The lowest BCUT2D eigenvalue weighted by Crippen LogP contribution is -2.13. The highest BCUT2D eigenvalue weighted by Gasteiger charge is 2.11. The SMILES string of the molecule is Cc1cc(Br)ccc1C(=O)Nc1ccc(C#N)cc1Cl. The van der Waals surface area contributed by atoms with E-state index in [2.05, 4.69) is 21.2 Å². The van der Waals surface area contributed by atoms with Crippen molar-refractivity contribution in [2.75, 3.05) is 5.32 Å². The number of hydrogen-bond donors (Lipinski definition) is 1. The van der Waals surface area contributed by atoms with Crippen LogP contribution in [0.15, 0.2) is 40.9 Å². The van der Waals surface area contributed by atoms with Gasteiger partial charge >= 0.3 is 0 Å². The van der Waals surface area contributed by atoms with E-state index in [9.17, 15) is 4.79 Å². The molecule has 0 aliphatic carbocycles. The maximum absolute atomic E-state index is 12.2. The Kier molecular flexibility index (Phi) is 4.43. The van der Waals surface area contributed by atoms with Crippen molar-refractivity contribution in [2.45, 2.75) is 6.92 Å². The maximum atomic E-state index is 12.2. The second kappa shape index (κ2) is 6.08. The number of aryl methyl sites for hydroxylation is 1. The molecule has 0 saturated carbocycles. The molecule has 0 spiro atoms. The maximum Gasteiger partial charge on any atom is 0.255 e. The molecule has 0 bridgehead atoms. The van der Waals surface area contributed by atoms with Gasteiger partial charge in [-0.3, -0.25) is 4.79 Å². The van der Waals surface area contributed by atoms with Crippen molar-refractivity contribution < 1.29 is 4.79 Å². The van der Waals surface area contributed by atoms with Crippen LogP contribution in [0.25, 0.3) is 0 Å². The predicted octanol–water partition coefficient (Wildman–Crippen LogP) is 4.53. The zero-order valence-electron chi connectivity index (χ0n) is 10.6. The van der Waals surface area contributed by atoms with Gasteiger partial charge in [0.1, 0.15) is 0 Å². The lowest BCUT2D eigenvalue weighted by Gasteiger charge is -2.09. The topological polar surface area (TPSA) is 52.9 Å². The first-order valence-electron chi connectivity index (χ1n) is 5.78. The van der Waals surface area contributed by atoms with Crippen LogP contribution in [0.2, 0.25) is 5.02 Å². The normalized spacial score (nSPS) is 9.90. The van der Waals surface area contributed by atoms with Crippen LogP contribution in [0.3, 0.4) is 0 Å². The van der Waals surface area contributed by atoms with Crippen molar-refractivity contribution in [2.24, 2.45) is 0 Å². The van der Waals surface area contributed by atoms with Gasteiger partial charge in [-0.1, -0.05) is 27.5 Å². The summed E-state index contributed by atoms with van der Waals surface area (Å²) in [6, 6.07) is 12.2. The Morgan fingerprint density at radius 1 is 1.30 bits per heavy atom. The number of nitriles is 1. The Labute approximate surface area is 130 Å². The smallest absolute Gasteiger partial charge is 0.255 e. The quantitative estimate of drug-likeness (QED) is 0.865. The molecule has 20 heavy (non-hydrogen) atoms. The molecule has 100 valence electrons. The van der Waals surface area contributed by atoms with Gasteiger partial charge < -0.3 is 5.32 Å². The fourth-order valence-electron chi connectivity index (χ4n) is 1.76. The number of hydrogen-bond acceptors (Lipinski definition) is 2. The molecule has 0 aliphatic rings. The van der Waals surface area contributed by atoms with Gasteiger partial charge in [0.15, 0.2) is 0 Å². The molecule has 1 N–H and O–H groups in total. The van der Waals surface area contributed by atoms with Gasteiger partial charge in [-0.2, -0.15) is 5.26 Å². The van der Waals surface area contributed by atoms with Gasteiger partial charge in [-0.15, -0.1) is 0 Å². The van der Waals surface area contributed by atoms with Gasteiger partial charge in [0.05, 0.1) is 22.3 Å². The summed E-state index contributed by atoms with van der Waals surface area (Å²) < 4.78 is 0.919. The van der Waals surface area contributed by atoms with E-state index in [1.54, 1.807) is 18.2 Å². The molecule has 0 saturated heterocycles. The standard InChI is InChI=1S/C15H10BrClN2O/c1-9-6-11(16)3-4-12(9)15(20)19-14-5-2-10(8-18)7-13(14)17/h2-7H,1H3,(H,19,20). The summed E-state index contributed by atoms with van der Waals surface area (Å²) in [7, 11) is 0. The van der Waals surface area contributed by atoms with E-state index in [1.807, 2.05) is 25.1 Å². The minimum absolute atomic E-state index is 0.235. The highest BCUT2D eigenvalue weighted by molar-refractivity contribution is 9.10. The van der Waals surface area contributed by atoms with Gasteiger partial charge in [0.2, 0.25) is 0 Å². The molecule has 2 rings (SSSR count). The highest BCUT2D eigenvalue weighted by Crippen LogP contribution is 2.24. The zero-order chi connectivity index (χ0) is 14.7. The van der Waals surface area contributed by atoms with Crippen molar-refractivity contribution in [1.29, 1.82) is 5.26 Å². The van der Waals surface area contributed by atoms with E-state index in [0.717, 1.165) is 10.0 Å². The number of nitrogens with one attached hydrogen (secondary N) is 1. The molecule has 1 amide bonds. The van der Waals surface area contributed by atoms with E-state index >= 15 is 0 Å². The lowest BCUT2D eigenvalue weighted by atomic mass is 10.1. The third-order valence-corrected chi connectivity index (χ3v) is 3.59. The first kappa shape index (κ1) is 14.6. The first-order chi connectivity index (χ1) is 9.51. The zero-order valence-corrected chi connectivity index (χ0v) is 12.9. The van der Waals surface area contributed by atoms with Crippen LogP contribution in [-0.2, 0) is 0 Å². The monoisotopic (exact) mass is 348 g/mol. The number of nitrogens with zero attached hydrogens (tertiary/aromatic N) is 1. The second-order valence-corrected chi connectivity index (χ2v) is 5.54. The second-order valence-electron chi connectivity index (χ2n) is 4.22. The van der Waals surface area contributed by atoms with Gasteiger partial charge in [-0.05, 0) is 48.9 Å². The highest BCUT2D eigenvalue weighted by atomic mass is 79.9. The molecule has 5 heteroatoms. The number of amides is 1. The fourth-order valence-corrected chi connectivity index (χ4v) is 2.46. The molecule has 0 aliphatic heterocycles. The summed E-state index contributed by atoms with van der Waals surface area (Å²) in [5, 5.41) is 11.9. The molecule has 0 unspecified atom stereocenters. The van der Waals surface area contributed by atoms with E-state index in [1.165, 1.54) is 6.07 Å². The van der Waals surface area contributed by atoms with Crippen LogP contribution in [0.1, 0.15) is 21.5 Å². The first-order valence-corrected chi connectivity index (χ1v) is 6.95. The summed E-state index contributed by atoms with van der Waals surface area (Å²) in [6.07, 6.45) is 0. The van der Waals surface area contributed by atoms with Crippen molar-refractivity contribution in [3.63, 3.8) is 0 Å². The van der Waals surface area contributed by atoms with Crippen LogP contribution < -0.4 is 5.32 Å². The Balaban J connectivity index is 2.26. The van der Waals surface area contributed by atoms with Gasteiger partial charge in [0, 0.05) is 10.0 Å².